The molecule has 4 nitrogen and oxygen atoms in total. The van der Waals surface area contributed by atoms with Gasteiger partial charge in [0.2, 0.25) is 5.78 Å². The molecule has 3 heterocycles. The van der Waals surface area contributed by atoms with E-state index in [-0.39, 0.29) is 5.41 Å². The Balaban J connectivity index is 1.01. The van der Waals surface area contributed by atoms with Crippen molar-refractivity contribution in [2.24, 2.45) is 0 Å². The summed E-state index contributed by atoms with van der Waals surface area (Å²) in [5, 5.41) is 2.68. The van der Waals surface area contributed by atoms with Crippen molar-refractivity contribution in [3.05, 3.63) is 187 Å². The monoisotopic (exact) mass is 775 g/mol. The fourth-order valence-corrected chi connectivity index (χ4v) is 12.7. The van der Waals surface area contributed by atoms with E-state index >= 15 is 0 Å². The summed E-state index contributed by atoms with van der Waals surface area (Å²) in [4.78, 5) is 5.16. The molecule has 0 atom stereocenters. The van der Waals surface area contributed by atoms with Crippen molar-refractivity contribution < 1.29 is 4.74 Å². The molecule has 8 aromatic carbocycles. The third-order valence-corrected chi connectivity index (χ3v) is 16.8. The van der Waals surface area contributed by atoms with Crippen LogP contribution < -0.4 is 15.1 Å². The highest BCUT2D eigenvalue weighted by Crippen LogP contribution is 2.50. The van der Waals surface area contributed by atoms with E-state index in [0.29, 0.717) is 0 Å². The number of para-hydroxylation sites is 5. The van der Waals surface area contributed by atoms with E-state index in [1.165, 1.54) is 66.0 Å². The summed E-state index contributed by atoms with van der Waals surface area (Å²) in [5.74, 6) is 2.79. The Bertz CT molecular complexity index is 3380. The van der Waals surface area contributed by atoms with E-state index in [2.05, 4.69) is 212 Å². The van der Waals surface area contributed by atoms with Gasteiger partial charge in [0, 0.05) is 22.6 Å². The zero-order valence-corrected chi connectivity index (χ0v) is 34.5. The minimum absolute atomic E-state index is 0.278. The third-order valence-electron chi connectivity index (χ3n) is 13.3. The molecule has 59 heavy (non-hydrogen) atoms. The molecule has 0 amide bonds. The molecule has 2 aliphatic rings. The first-order valence-corrected chi connectivity index (χ1v) is 23.6. The number of fused-ring (bicyclic) bond motifs is 15. The zero-order valence-electron chi connectivity index (χ0n) is 33.5. The zero-order chi connectivity index (χ0) is 39.6. The van der Waals surface area contributed by atoms with E-state index in [1.807, 2.05) is 0 Å². The third kappa shape index (κ3) is 4.79. The van der Waals surface area contributed by atoms with Crippen LogP contribution >= 0.6 is 0 Å². The number of hydrogen-bond acceptors (Lipinski definition) is 2. The molecule has 0 spiro atoms. The van der Waals surface area contributed by atoms with Crippen molar-refractivity contribution in [3.8, 4) is 61.7 Å². The van der Waals surface area contributed by atoms with Crippen LogP contribution in [0.15, 0.2) is 176 Å². The summed E-state index contributed by atoms with van der Waals surface area (Å²) in [7, 11) is -2.39. The predicted octanol–water partition coefficient (Wildman–Crippen LogP) is 12.7. The minimum atomic E-state index is -2.39. The molecule has 0 unspecified atom stereocenters. The van der Waals surface area contributed by atoms with E-state index in [0.717, 1.165) is 45.0 Å². The quantitative estimate of drug-likeness (QED) is 0.167. The summed E-state index contributed by atoms with van der Waals surface area (Å²) in [6, 6.07) is 64.5. The van der Waals surface area contributed by atoms with Gasteiger partial charge in [-0.25, -0.2) is 4.98 Å². The maximum absolute atomic E-state index is 7.26. The number of benzene rings is 8. The summed E-state index contributed by atoms with van der Waals surface area (Å²) in [6.07, 6.45) is 0. The smallest absolute Gasteiger partial charge is 0.220 e. The Hall–Kier alpha value is -6.95. The van der Waals surface area contributed by atoms with Gasteiger partial charge in [0.05, 0.1) is 27.8 Å². The maximum atomic E-state index is 7.26. The lowest BCUT2D eigenvalue weighted by molar-refractivity contribution is 0.421. The molecule has 5 heteroatoms. The lowest BCUT2D eigenvalue weighted by atomic mass is 9.76. The topological polar surface area (TPSA) is 31.5 Å². The molecule has 0 saturated heterocycles. The summed E-state index contributed by atoms with van der Waals surface area (Å²) >= 11 is 0. The molecule has 0 fully saturated rings. The molecule has 0 bridgehead atoms. The Morgan fingerprint density at radius 2 is 1.05 bits per heavy atom. The largest absolute Gasteiger partial charge is 0.457 e. The molecule has 1 aliphatic carbocycles. The van der Waals surface area contributed by atoms with Crippen molar-refractivity contribution in [1.82, 2.24) is 14.0 Å². The Labute approximate surface area is 344 Å². The second-order valence-electron chi connectivity index (χ2n) is 17.2. The highest BCUT2D eigenvalue weighted by Gasteiger charge is 2.40. The van der Waals surface area contributed by atoms with Gasteiger partial charge in [0.25, 0.3) is 0 Å². The van der Waals surface area contributed by atoms with Gasteiger partial charge in [-0.05, 0) is 80.0 Å². The SMILES string of the molecule is CC1(C)c2ccc(-n3c4ccccc4n4c5ccccc5nc34)cc2Oc2c1cccc2[Si](C)(C)c1ccc2c(c1)-c1ccccc1-c1ccccc1-c1ccccc1-2. The number of hydrogen-bond donors (Lipinski definition) is 0. The maximum Gasteiger partial charge on any atom is 0.220 e. The van der Waals surface area contributed by atoms with Gasteiger partial charge in [0.15, 0.2) is 0 Å². The molecule has 2 aromatic heterocycles. The van der Waals surface area contributed by atoms with E-state index in [1.54, 1.807) is 0 Å². The molecule has 0 saturated carbocycles. The lowest BCUT2D eigenvalue weighted by Crippen LogP contribution is -2.54. The van der Waals surface area contributed by atoms with Crippen LogP contribution in [0.2, 0.25) is 13.1 Å². The average molecular weight is 776 g/mol. The van der Waals surface area contributed by atoms with Gasteiger partial charge < -0.3 is 4.74 Å². The van der Waals surface area contributed by atoms with Crippen LogP contribution in [-0.4, -0.2) is 22.0 Å². The fraction of sp³-hybridized carbons (Fsp3) is 0.0926. The highest BCUT2D eigenvalue weighted by atomic mass is 28.3. The molecule has 282 valence electrons. The van der Waals surface area contributed by atoms with Crippen LogP contribution in [0, 0.1) is 0 Å². The standard InChI is InChI=1S/C54H41N3OSi/c1-54(2)44-31-28-34(56-48-25-13-14-26-49(48)57-47-24-12-11-23-46(47)55-53(56)57)32-50(44)58-52-45(54)22-15-27-51(52)59(3,4)35-29-30-42-40-20-8-7-18-38(40)36-16-5-6-17-37(36)39-19-9-10-21-41(39)43(42)33-35/h5-33H,1-4H3. The first-order valence-electron chi connectivity index (χ1n) is 20.6. The molecule has 10 aromatic rings. The first kappa shape index (κ1) is 34.1. The minimum Gasteiger partial charge on any atom is -0.457 e. The number of aromatic nitrogens is 3. The van der Waals surface area contributed by atoms with Crippen molar-refractivity contribution >= 4 is 46.3 Å². The molecule has 0 radical (unpaired) electrons. The van der Waals surface area contributed by atoms with Gasteiger partial charge in [0.1, 0.15) is 19.6 Å². The van der Waals surface area contributed by atoms with Gasteiger partial charge >= 0.3 is 0 Å². The van der Waals surface area contributed by atoms with Crippen molar-refractivity contribution in [3.63, 3.8) is 0 Å². The lowest BCUT2D eigenvalue weighted by Gasteiger charge is -2.38. The normalized spacial score (nSPS) is 13.7. The second-order valence-corrected chi connectivity index (χ2v) is 21.5. The van der Waals surface area contributed by atoms with E-state index < -0.39 is 8.07 Å². The number of ether oxygens (including phenoxy) is 1. The molecular formula is C54H41N3OSi. The molecule has 0 N–H and O–H groups in total. The van der Waals surface area contributed by atoms with Gasteiger partial charge in [-0.15, -0.1) is 0 Å². The molecular weight excluding hydrogens is 735 g/mol. The predicted molar refractivity (Wildman–Crippen MR) is 247 cm³/mol. The molecule has 12 rings (SSSR count). The number of nitrogens with zero attached hydrogens (tertiary/aromatic N) is 3. The van der Waals surface area contributed by atoms with Crippen LogP contribution in [-0.2, 0) is 5.41 Å². The van der Waals surface area contributed by atoms with Crippen LogP contribution in [0.3, 0.4) is 0 Å². The second kappa shape index (κ2) is 12.3. The van der Waals surface area contributed by atoms with Gasteiger partial charge in [-0.2, -0.15) is 0 Å². The average Bonchev–Trinajstić information content (AvgIpc) is 3.80. The van der Waals surface area contributed by atoms with Crippen LogP contribution in [0.25, 0.3) is 78.0 Å². The van der Waals surface area contributed by atoms with E-state index in [4.69, 9.17) is 9.72 Å². The summed E-state index contributed by atoms with van der Waals surface area (Å²) in [5.41, 5.74) is 17.6. The summed E-state index contributed by atoms with van der Waals surface area (Å²) in [6.45, 7) is 9.65. The van der Waals surface area contributed by atoms with Gasteiger partial charge in [-0.1, -0.05) is 172 Å². The van der Waals surface area contributed by atoms with Crippen LogP contribution in [0.1, 0.15) is 25.0 Å². The van der Waals surface area contributed by atoms with Crippen molar-refractivity contribution in [1.29, 1.82) is 0 Å². The number of rotatable bonds is 3. The van der Waals surface area contributed by atoms with Crippen LogP contribution in [0.5, 0.6) is 11.5 Å². The Morgan fingerprint density at radius 1 is 0.492 bits per heavy atom. The Kier molecular flexibility index (Phi) is 7.10. The Morgan fingerprint density at radius 3 is 1.71 bits per heavy atom. The summed E-state index contributed by atoms with van der Waals surface area (Å²) < 4.78 is 11.8. The molecule has 1 aliphatic heterocycles. The highest BCUT2D eigenvalue weighted by molar-refractivity contribution is 7.01. The number of imidazole rings is 2. The van der Waals surface area contributed by atoms with E-state index in [9.17, 15) is 0 Å². The fourth-order valence-electron chi connectivity index (χ4n) is 10.1. The van der Waals surface area contributed by atoms with Crippen molar-refractivity contribution in [2.75, 3.05) is 0 Å². The van der Waals surface area contributed by atoms with Gasteiger partial charge in [-0.3, -0.25) is 8.97 Å². The first-order chi connectivity index (χ1) is 28.8. The van der Waals surface area contributed by atoms with Crippen LogP contribution in [0.4, 0.5) is 0 Å². The van der Waals surface area contributed by atoms with Crippen molar-refractivity contribution in [2.45, 2.75) is 32.4 Å².